The minimum Gasteiger partial charge on any atom is -0.481 e. The number of carbonyl (C=O) groups is 1. The Kier molecular flexibility index (Phi) is 5.89. The lowest BCUT2D eigenvalue weighted by atomic mass is 10.1. The molecule has 0 amide bonds. The van der Waals surface area contributed by atoms with Crippen molar-refractivity contribution in [3.63, 3.8) is 0 Å². The van der Waals surface area contributed by atoms with Gasteiger partial charge in [0.05, 0.1) is 6.42 Å². The van der Waals surface area contributed by atoms with Crippen molar-refractivity contribution < 1.29 is 9.90 Å². The summed E-state index contributed by atoms with van der Waals surface area (Å²) < 4.78 is 0. The third-order valence-electron chi connectivity index (χ3n) is 3.08. The summed E-state index contributed by atoms with van der Waals surface area (Å²) in [5.74, 6) is 1.23. The molecule has 0 unspecified atom stereocenters. The Morgan fingerprint density at radius 2 is 1.90 bits per heavy atom. The number of thioether (sulfide) groups is 1. The largest absolute Gasteiger partial charge is 0.481 e. The van der Waals surface area contributed by atoms with Gasteiger partial charge in [0.1, 0.15) is 0 Å². The van der Waals surface area contributed by atoms with Crippen LogP contribution in [0.2, 0.25) is 0 Å². The third kappa shape index (κ3) is 4.54. The van der Waals surface area contributed by atoms with Crippen molar-refractivity contribution in [1.29, 1.82) is 0 Å². The average Bonchev–Trinajstić information content (AvgIpc) is 2.46. The van der Waals surface area contributed by atoms with Gasteiger partial charge in [-0.2, -0.15) is 11.8 Å². The molecule has 0 radical (unpaired) electrons. The first-order valence-electron chi connectivity index (χ1n) is 6.74. The van der Waals surface area contributed by atoms with Crippen molar-refractivity contribution in [1.82, 2.24) is 5.32 Å². The molecule has 0 fully saturated rings. The number of hydrogen-bond acceptors (Lipinski definition) is 3. The SMILES string of the molecule is O=C(O)CCNCCSCc1cccc2ccccc12. The number of rotatable bonds is 8. The fourth-order valence-electron chi connectivity index (χ4n) is 2.07. The summed E-state index contributed by atoms with van der Waals surface area (Å²) in [5, 5.41) is 14.3. The van der Waals surface area contributed by atoms with Crippen molar-refractivity contribution in [3.05, 3.63) is 48.0 Å². The highest BCUT2D eigenvalue weighted by Gasteiger charge is 2.00. The van der Waals surface area contributed by atoms with E-state index in [9.17, 15) is 4.79 Å². The van der Waals surface area contributed by atoms with Crippen molar-refractivity contribution in [2.75, 3.05) is 18.8 Å². The molecule has 0 aliphatic heterocycles. The molecule has 0 heterocycles. The van der Waals surface area contributed by atoms with E-state index in [0.717, 1.165) is 18.1 Å². The zero-order chi connectivity index (χ0) is 14.2. The molecular weight excluding hydrogens is 270 g/mol. The molecule has 2 N–H and O–H groups in total. The molecule has 2 aromatic rings. The van der Waals surface area contributed by atoms with Crippen molar-refractivity contribution in [3.8, 4) is 0 Å². The van der Waals surface area contributed by atoms with E-state index in [2.05, 4.69) is 47.8 Å². The van der Waals surface area contributed by atoms with Crippen molar-refractivity contribution in [2.24, 2.45) is 0 Å². The quantitative estimate of drug-likeness (QED) is 0.733. The first-order valence-corrected chi connectivity index (χ1v) is 7.90. The number of carboxylic acids is 1. The zero-order valence-corrected chi connectivity index (χ0v) is 12.2. The van der Waals surface area contributed by atoms with Gasteiger partial charge in [-0.1, -0.05) is 42.5 Å². The third-order valence-corrected chi connectivity index (χ3v) is 4.08. The summed E-state index contributed by atoms with van der Waals surface area (Å²) >= 11 is 1.87. The Morgan fingerprint density at radius 1 is 1.10 bits per heavy atom. The second kappa shape index (κ2) is 7.92. The van der Waals surface area contributed by atoms with Crippen LogP contribution < -0.4 is 5.32 Å². The number of hydrogen-bond donors (Lipinski definition) is 2. The molecule has 3 nitrogen and oxygen atoms in total. The maximum atomic E-state index is 10.4. The van der Waals surface area contributed by atoms with Gasteiger partial charge in [0.25, 0.3) is 0 Å². The summed E-state index contributed by atoms with van der Waals surface area (Å²) in [5.41, 5.74) is 1.36. The molecule has 4 heteroatoms. The summed E-state index contributed by atoms with van der Waals surface area (Å²) in [6.07, 6.45) is 0.188. The number of aliphatic carboxylic acids is 1. The predicted octanol–water partition coefficient (Wildman–Crippen LogP) is 3.14. The Bertz CT molecular complexity index is 566. The average molecular weight is 289 g/mol. The van der Waals surface area contributed by atoms with Gasteiger partial charge in [-0.05, 0) is 16.3 Å². The van der Waals surface area contributed by atoms with Gasteiger partial charge in [0.15, 0.2) is 0 Å². The van der Waals surface area contributed by atoms with Crippen LogP contribution in [0, 0.1) is 0 Å². The number of nitrogens with one attached hydrogen (secondary N) is 1. The normalized spacial score (nSPS) is 10.8. The molecule has 0 aliphatic carbocycles. The lowest BCUT2D eigenvalue weighted by Crippen LogP contribution is -2.20. The van der Waals surface area contributed by atoms with Gasteiger partial charge in [-0.25, -0.2) is 0 Å². The second-order valence-corrected chi connectivity index (χ2v) is 5.69. The standard InChI is InChI=1S/C16H19NO2S/c18-16(19)8-9-17-10-11-20-12-14-6-3-5-13-4-1-2-7-15(13)14/h1-7,17H,8-12H2,(H,18,19). The summed E-state index contributed by atoms with van der Waals surface area (Å²) in [6.45, 7) is 1.40. The molecule has 106 valence electrons. The van der Waals surface area contributed by atoms with Gasteiger partial charge in [0.2, 0.25) is 0 Å². The van der Waals surface area contributed by atoms with Crippen molar-refractivity contribution in [2.45, 2.75) is 12.2 Å². The van der Waals surface area contributed by atoms with Crippen LogP contribution in [-0.4, -0.2) is 29.9 Å². The maximum Gasteiger partial charge on any atom is 0.304 e. The van der Waals surface area contributed by atoms with Gasteiger partial charge >= 0.3 is 5.97 Å². The molecule has 2 aromatic carbocycles. The van der Waals surface area contributed by atoms with Crippen LogP contribution in [0.1, 0.15) is 12.0 Å². The van der Waals surface area contributed by atoms with Crippen molar-refractivity contribution >= 4 is 28.5 Å². The van der Waals surface area contributed by atoms with Crippen LogP contribution in [0.15, 0.2) is 42.5 Å². The van der Waals surface area contributed by atoms with E-state index in [1.165, 1.54) is 16.3 Å². The fourth-order valence-corrected chi connectivity index (χ4v) is 2.97. The Labute approximate surface area is 123 Å². The Hall–Kier alpha value is -1.52. The van der Waals surface area contributed by atoms with Gasteiger partial charge in [-0.15, -0.1) is 0 Å². The fraction of sp³-hybridized carbons (Fsp3) is 0.312. The molecule has 2 rings (SSSR count). The summed E-state index contributed by atoms with van der Waals surface area (Å²) in [7, 11) is 0. The topological polar surface area (TPSA) is 49.3 Å². The summed E-state index contributed by atoms with van der Waals surface area (Å²) in [4.78, 5) is 10.4. The highest BCUT2D eigenvalue weighted by molar-refractivity contribution is 7.98. The molecule has 0 aliphatic rings. The van der Waals surface area contributed by atoms with E-state index in [1.54, 1.807) is 0 Å². The molecule has 0 aromatic heterocycles. The maximum absolute atomic E-state index is 10.4. The molecule has 0 atom stereocenters. The molecule has 0 saturated carbocycles. The van der Waals surface area contributed by atoms with E-state index in [-0.39, 0.29) is 6.42 Å². The van der Waals surface area contributed by atoms with E-state index < -0.39 is 5.97 Å². The second-order valence-electron chi connectivity index (χ2n) is 4.58. The van der Waals surface area contributed by atoms with Crippen LogP contribution in [-0.2, 0) is 10.5 Å². The molecule has 0 bridgehead atoms. The van der Waals surface area contributed by atoms with E-state index in [1.807, 2.05) is 11.8 Å². The first kappa shape index (κ1) is 14.9. The Balaban J connectivity index is 1.75. The number of benzene rings is 2. The van der Waals surface area contributed by atoms with Gasteiger partial charge in [-0.3, -0.25) is 4.79 Å². The molecule has 0 saturated heterocycles. The van der Waals surface area contributed by atoms with Crippen LogP contribution in [0.4, 0.5) is 0 Å². The highest BCUT2D eigenvalue weighted by Crippen LogP contribution is 2.22. The van der Waals surface area contributed by atoms with E-state index >= 15 is 0 Å². The molecular formula is C16H19NO2S. The number of carboxylic acid groups (broad SMARTS) is 1. The van der Waals surface area contributed by atoms with E-state index in [0.29, 0.717) is 6.54 Å². The number of fused-ring (bicyclic) bond motifs is 1. The van der Waals surface area contributed by atoms with Crippen LogP contribution >= 0.6 is 11.8 Å². The predicted molar refractivity (Wildman–Crippen MR) is 85.2 cm³/mol. The van der Waals surface area contributed by atoms with Gasteiger partial charge in [0, 0.05) is 24.6 Å². The summed E-state index contributed by atoms with van der Waals surface area (Å²) in [6, 6.07) is 14.8. The van der Waals surface area contributed by atoms with Crippen LogP contribution in [0.25, 0.3) is 10.8 Å². The van der Waals surface area contributed by atoms with Crippen LogP contribution in [0.3, 0.4) is 0 Å². The minimum absolute atomic E-state index is 0.188. The zero-order valence-electron chi connectivity index (χ0n) is 11.3. The lowest BCUT2D eigenvalue weighted by Gasteiger charge is -2.07. The molecule has 20 heavy (non-hydrogen) atoms. The Morgan fingerprint density at radius 3 is 2.75 bits per heavy atom. The van der Waals surface area contributed by atoms with Crippen LogP contribution in [0.5, 0.6) is 0 Å². The smallest absolute Gasteiger partial charge is 0.304 e. The minimum atomic E-state index is -0.749. The monoisotopic (exact) mass is 289 g/mol. The van der Waals surface area contributed by atoms with Gasteiger partial charge < -0.3 is 10.4 Å². The molecule has 0 spiro atoms. The highest BCUT2D eigenvalue weighted by atomic mass is 32.2. The lowest BCUT2D eigenvalue weighted by molar-refractivity contribution is -0.136. The first-order chi connectivity index (χ1) is 9.77. The van der Waals surface area contributed by atoms with E-state index in [4.69, 9.17) is 5.11 Å².